The molecule has 42 heavy (non-hydrogen) atoms. The van der Waals surface area contributed by atoms with Crippen LogP contribution in [0.4, 0.5) is 0 Å². The summed E-state index contributed by atoms with van der Waals surface area (Å²) in [6.45, 7) is 0. The van der Waals surface area contributed by atoms with Gasteiger partial charge in [0.25, 0.3) is 0 Å². The van der Waals surface area contributed by atoms with Crippen LogP contribution in [0, 0.1) is 0 Å². The molecule has 0 radical (unpaired) electrons. The third-order valence-corrected chi connectivity index (χ3v) is 7.46. The summed E-state index contributed by atoms with van der Waals surface area (Å²) in [4.78, 5) is 36.8. The van der Waals surface area contributed by atoms with Gasteiger partial charge in [0, 0.05) is 43.8 Å². The molecule has 8 bridgehead atoms. The summed E-state index contributed by atoms with van der Waals surface area (Å²) in [5.41, 5.74) is 6.45. The van der Waals surface area contributed by atoms with E-state index in [0.717, 1.165) is 43.8 Å². The molecule has 202 valence electrons. The number of aromatic amines is 2. The van der Waals surface area contributed by atoms with E-state index in [0.29, 0.717) is 45.9 Å². The van der Waals surface area contributed by atoms with Crippen molar-refractivity contribution in [2.45, 2.75) is 0 Å². The van der Waals surface area contributed by atoms with E-state index in [1.807, 2.05) is 97.1 Å². The van der Waals surface area contributed by atoms with Crippen molar-refractivity contribution in [3.8, 4) is 45.6 Å². The zero-order chi connectivity index (χ0) is 26.2. The number of aromatic nitrogens is 8. The summed E-state index contributed by atoms with van der Waals surface area (Å²) in [6, 6.07) is 32.2. The first kappa shape index (κ1) is 25.4. The molecular formula is C32H24N8OSi. The minimum atomic E-state index is 0. The molecule has 0 saturated heterocycles. The first-order valence-corrected chi connectivity index (χ1v) is 13.0. The Balaban J connectivity index is 0.00000144. The van der Waals surface area contributed by atoms with Crippen LogP contribution in [0.5, 0.6) is 0 Å². The highest BCUT2D eigenvalue weighted by atomic mass is 28.1. The summed E-state index contributed by atoms with van der Waals surface area (Å²) in [5.74, 6) is 2.39. The van der Waals surface area contributed by atoms with Crippen LogP contribution in [0.15, 0.2) is 97.1 Å². The van der Waals surface area contributed by atoms with E-state index in [1.54, 1.807) is 0 Å². The fraction of sp³-hybridized carbons (Fsp3) is 0. The highest BCUT2D eigenvalue weighted by molar-refractivity contribution is 6.06. The van der Waals surface area contributed by atoms with Crippen molar-refractivity contribution in [2.24, 2.45) is 0 Å². The molecule has 2 aliphatic heterocycles. The first-order valence-electron chi connectivity index (χ1n) is 13.0. The zero-order valence-electron chi connectivity index (χ0n) is 21.4. The van der Waals surface area contributed by atoms with Gasteiger partial charge >= 0.3 is 0 Å². The number of hydrogen-bond donors (Lipinski definition) is 2. The van der Waals surface area contributed by atoms with E-state index in [4.69, 9.17) is 29.9 Å². The fourth-order valence-electron chi connectivity index (χ4n) is 5.59. The Labute approximate surface area is 242 Å². The number of hydrogen-bond acceptors (Lipinski definition) is 6. The van der Waals surface area contributed by atoms with E-state index in [-0.39, 0.29) is 16.4 Å². The van der Waals surface area contributed by atoms with E-state index in [2.05, 4.69) is 9.97 Å². The molecule has 9 nitrogen and oxygen atoms in total. The predicted octanol–water partition coefficient (Wildman–Crippen LogP) is 4.59. The van der Waals surface area contributed by atoms with Crippen molar-refractivity contribution in [2.75, 3.05) is 0 Å². The van der Waals surface area contributed by atoms with Crippen molar-refractivity contribution < 1.29 is 5.48 Å². The number of fused-ring (bicyclic) bond motifs is 20. The molecule has 0 unspecified atom stereocenters. The minimum Gasteiger partial charge on any atom is -0.412 e. The molecule has 10 heteroatoms. The molecule has 0 atom stereocenters. The van der Waals surface area contributed by atoms with Gasteiger partial charge in [-0.1, -0.05) is 97.1 Å². The molecule has 0 saturated carbocycles. The van der Waals surface area contributed by atoms with E-state index in [9.17, 15) is 0 Å². The van der Waals surface area contributed by atoms with Gasteiger partial charge in [0.05, 0.1) is 0 Å². The van der Waals surface area contributed by atoms with Crippen LogP contribution in [0.1, 0.15) is 0 Å². The monoisotopic (exact) mass is 564 g/mol. The molecular weight excluding hydrogens is 540 g/mol. The second kappa shape index (κ2) is 9.51. The van der Waals surface area contributed by atoms with Gasteiger partial charge in [-0.2, -0.15) is 0 Å². The molecule has 7 aromatic rings. The number of rotatable bonds is 0. The fourth-order valence-corrected chi connectivity index (χ4v) is 5.59. The Morgan fingerprint density at radius 1 is 0.333 bits per heavy atom. The van der Waals surface area contributed by atoms with Gasteiger partial charge in [-0.3, -0.25) is 0 Å². The lowest BCUT2D eigenvalue weighted by molar-refractivity contribution is 0.824. The lowest BCUT2D eigenvalue weighted by Crippen LogP contribution is -1.82. The summed E-state index contributed by atoms with van der Waals surface area (Å²) in [7, 11) is 0. The van der Waals surface area contributed by atoms with Gasteiger partial charge in [-0.15, -0.1) is 0 Å². The average molecular weight is 565 g/mol. The van der Waals surface area contributed by atoms with Crippen LogP contribution in [0.25, 0.3) is 89.7 Å². The van der Waals surface area contributed by atoms with E-state index < -0.39 is 0 Å². The molecule has 4 N–H and O–H groups in total. The average Bonchev–Trinajstić information content (AvgIpc) is 3.73. The lowest BCUT2D eigenvalue weighted by atomic mass is 10.1. The summed E-state index contributed by atoms with van der Waals surface area (Å²) >= 11 is 0. The highest BCUT2D eigenvalue weighted by Crippen LogP contribution is 2.36. The third-order valence-electron chi connectivity index (χ3n) is 7.46. The Kier molecular flexibility index (Phi) is 5.75. The van der Waals surface area contributed by atoms with Gasteiger partial charge in [0.2, 0.25) is 0 Å². The molecule has 0 fully saturated rings. The van der Waals surface area contributed by atoms with E-state index >= 15 is 0 Å². The molecule has 4 aromatic carbocycles. The second-order valence-electron chi connectivity index (χ2n) is 9.79. The van der Waals surface area contributed by atoms with Crippen LogP contribution < -0.4 is 0 Å². The Bertz CT molecular complexity index is 2040. The van der Waals surface area contributed by atoms with Crippen molar-refractivity contribution in [3.63, 3.8) is 0 Å². The van der Waals surface area contributed by atoms with Gasteiger partial charge < -0.3 is 15.4 Å². The van der Waals surface area contributed by atoms with Gasteiger partial charge in [0.15, 0.2) is 23.3 Å². The maximum atomic E-state index is 5.02. The van der Waals surface area contributed by atoms with Crippen molar-refractivity contribution in [3.05, 3.63) is 97.1 Å². The SMILES string of the molecule is O.[SiH4].c1ccc2c(c1)-c1nc-2nc2[nH]c(nc3nc(nc4[nH]c(n1)c1ccccc41)-c1ccccc1-3)c1ccccc21. The minimum absolute atomic E-state index is 0. The van der Waals surface area contributed by atoms with Crippen molar-refractivity contribution in [1.82, 2.24) is 39.9 Å². The van der Waals surface area contributed by atoms with Crippen molar-refractivity contribution >= 4 is 55.1 Å². The van der Waals surface area contributed by atoms with Gasteiger partial charge in [0.1, 0.15) is 22.6 Å². The van der Waals surface area contributed by atoms with Crippen molar-refractivity contribution in [1.29, 1.82) is 0 Å². The first-order chi connectivity index (χ1) is 19.8. The number of H-pyrrole nitrogens is 2. The van der Waals surface area contributed by atoms with Crippen LogP contribution >= 0.6 is 0 Å². The number of nitrogens with one attached hydrogen (secondary N) is 2. The summed E-state index contributed by atoms with van der Waals surface area (Å²) < 4.78 is 0. The molecule has 3 aromatic heterocycles. The Morgan fingerprint density at radius 2 is 0.571 bits per heavy atom. The molecule has 0 spiro atoms. The normalized spacial score (nSPS) is 11.4. The maximum absolute atomic E-state index is 5.02. The van der Waals surface area contributed by atoms with Gasteiger partial charge in [-0.25, -0.2) is 29.9 Å². The highest BCUT2D eigenvalue weighted by Gasteiger charge is 2.21. The molecule has 9 rings (SSSR count). The maximum Gasteiger partial charge on any atom is 0.164 e. The summed E-state index contributed by atoms with van der Waals surface area (Å²) in [6.07, 6.45) is 0. The Hall–Kier alpha value is -5.58. The Morgan fingerprint density at radius 3 is 0.833 bits per heavy atom. The van der Waals surface area contributed by atoms with Crippen LogP contribution in [0.2, 0.25) is 0 Å². The molecule has 0 amide bonds. The number of benzene rings is 4. The second-order valence-corrected chi connectivity index (χ2v) is 9.79. The van der Waals surface area contributed by atoms with Crippen LogP contribution in [-0.2, 0) is 0 Å². The molecule has 2 aliphatic rings. The predicted molar refractivity (Wildman–Crippen MR) is 171 cm³/mol. The lowest BCUT2D eigenvalue weighted by Gasteiger charge is -1.96. The smallest absolute Gasteiger partial charge is 0.164 e. The van der Waals surface area contributed by atoms with Gasteiger partial charge in [-0.05, 0) is 11.0 Å². The number of nitrogens with zero attached hydrogens (tertiary/aromatic N) is 6. The van der Waals surface area contributed by atoms with E-state index in [1.165, 1.54) is 0 Å². The van der Waals surface area contributed by atoms with Crippen LogP contribution in [0.3, 0.4) is 0 Å². The van der Waals surface area contributed by atoms with Crippen LogP contribution in [-0.4, -0.2) is 56.3 Å². The topological polar surface area (TPSA) is 140 Å². The summed E-state index contributed by atoms with van der Waals surface area (Å²) in [5, 5.41) is 3.82. The zero-order valence-corrected chi connectivity index (χ0v) is 21.4. The third kappa shape index (κ3) is 3.66. The quantitative estimate of drug-likeness (QED) is 0.258. The largest absolute Gasteiger partial charge is 0.412 e. The standard InChI is InChI=1S/C32H18N8.H2O.H4Si/c1-2-10-18-17(9-1)25-33-26(18)38-28-21-13-5-6-14-22(21)30(35-28)40-32-24-16-8-7-15-23(24)31(36-32)39-29-20-12-4-3-11-19(20)27(34-29)37-25;;/h1-16H,(H2,33,34,35,36,37,38,39,40);1H2;1H4. The molecule has 5 heterocycles. The molecule has 0 aliphatic carbocycles.